The van der Waals surface area contributed by atoms with Gasteiger partial charge in [0.05, 0.1) is 11.1 Å². The zero-order valence-corrected chi connectivity index (χ0v) is 37.8. The standard InChI is InChI=1S/C48H54FN9O8S/c49-30-10-13-38(59)35(26-30)42(44(63)53-48-51-18-25-67-48)57-28-29-9-11-32(27-34(29)45(57)64)54-19-15-31(16-20-54)55-21-23-56(24-22-55)40(61)8-3-1-2-4-17-50-36-7-5-6-33-41(36)47(66)58(46(33)65)37-12-14-39(60)52-43(37)62/h5-7,9-11,13,18,25-27,31,37,39,42,50,59-60H,1-4,8,12,14-17,19-24,28H2,(H,52,62)(H,51,53,63). The second-order valence-corrected chi connectivity index (χ2v) is 18.7. The SMILES string of the molecule is O=C(Nc1nccs1)C(c1cc(F)ccc1O)N1Cc2ccc(N3CCC(N4CCN(C(=O)CCCCCCNc5cccc6c5C(=O)N(C5CCC(O)NC5=O)C6=O)CC4)CC3)cc2C1=O. The maximum Gasteiger partial charge on any atom is 0.264 e. The number of phenolic OH excluding ortho intramolecular Hbond substituents is 1. The maximum absolute atomic E-state index is 14.4. The van der Waals surface area contributed by atoms with Crippen molar-refractivity contribution in [2.24, 2.45) is 0 Å². The van der Waals surface area contributed by atoms with Crippen LogP contribution in [0.5, 0.6) is 5.75 Å². The monoisotopic (exact) mass is 935 g/mol. The molecule has 19 heteroatoms. The highest BCUT2D eigenvalue weighted by Gasteiger charge is 2.46. The van der Waals surface area contributed by atoms with Gasteiger partial charge >= 0.3 is 0 Å². The summed E-state index contributed by atoms with van der Waals surface area (Å²) in [5, 5.41) is 30.9. The van der Waals surface area contributed by atoms with E-state index in [0.717, 1.165) is 93.0 Å². The molecule has 0 aliphatic carbocycles. The Hall–Kier alpha value is -6.44. The van der Waals surface area contributed by atoms with Gasteiger partial charge < -0.3 is 35.5 Å². The lowest BCUT2D eigenvalue weighted by molar-refractivity contribution is -0.133. The maximum atomic E-state index is 14.4. The number of benzene rings is 3. The molecule has 0 spiro atoms. The summed E-state index contributed by atoms with van der Waals surface area (Å²) in [6.07, 6.45) is 6.73. The van der Waals surface area contributed by atoms with E-state index in [1.165, 1.54) is 28.5 Å². The molecule has 0 saturated carbocycles. The van der Waals surface area contributed by atoms with E-state index in [1.807, 2.05) is 23.1 Å². The summed E-state index contributed by atoms with van der Waals surface area (Å²) in [5.74, 6) is -3.32. The van der Waals surface area contributed by atoms with Crippen LogP contribution < -0.4 is 20.9 Å². The largest absolute Gasteiger partial charge is 0.508 e. The van der Waals surface area contributed by atoms with E-state index in [-0.39, 0.29) is 53.6 Å². The van der Waals surface area contributed by atoms with Crippen molar-refractivity contribution in [1.82, 2.24) is 29.9 Å². The molecule has 6 amide bonds. The zero-order valence-electron chi connectivity index (χ0n) is 37.0. The molecule has 67 heavy (non-hydrogen) atoms. The molecule has 3 aromatic carbocycles. The minimum atomic E-state index is -1.30. The number of anilines is 3. The molecule has 6 heterocycles. The first-order valence-corrected chi connectivity index (χ1v) is 24.0. The summed E-state index contributed by atoms with van der Waals surface area (Å²) in [4.78, 5) is 93.1. The van der Waals surface area contributed by atoms with Crippen molar-refractivity contribution in [2.75, 3.05) is 61.3 Å². The van der Waals surface area contributed by atoms with E-state index >= 15 is 0 Å². The van der Waals surface area contributed by atoms with Crippen LogP contribution >= 0.6 is 11.3 Å². The van der Waals surface area contributed by atoms with Gasteiger partial charge in [-0.2, -0.15) is 0 Å². The average Bonchev–Trinajstić information content (AvgIpc) is 4.03. The van der Waals surface area contributed by atoms with Gasteiger partial charge in [-0.15, -0.1) is 11.3 Å². The Kier molecular flexibility index (Phi) is 13.5. The molecule has 1 aromatic heterocycles. The number of phenols is 1. The number of piperidine rings is 2. The van der Waals surface area contributed by atoms with E-state index < -0.39 is 47.8 Å². The molecule has 3 unspecified atom stereocenters. The summed E-state index contributed by atoms with van der Waals surface area (Å²) in [7, 11) is 0. The lowest BCUT2D eigenvalue weighted by Crippen LogP contribution is -2.55. The molecule has 5 N–H and O–H groups in total. The van der Waals surface area contributed by atoms with Gasteiger partial charge in [-0.1, -0.05) is 25.0 Å². The number of carbonyl (C=O) groups is 6. The number of amides is 6. The van der Waals surface area contributed by atoms with Gasteiger partial charge in [0, 0.05) is 98.9 Å². The number of imide groups is 1. The van der Waals surface area contributed by atoms with Crippen LogP contribution in [0.15, 0.2) is 66.2 Å². The molecule has 17 nitrogen and oxygen atoms in total. The van der Waals surface area contributed by atoms with Crippen molar-refractivity contribution in [1.29, 1.82) is 0 Å². The van der Waals surface area contributed by atoms with Crippen LogP contribution in [0.25, 0.3) is 0 Å². The second-order valence-electron chi connectivity index (χ2n) is 17.8. The Morgan fingerprint density at radius 1 is 0.866 bits per heavy atom. The van der Waals surface area contributed by atoms with Crippen molar-refractivity contribution in [3.63, 3.8) is 0 Å². The van der Waals surface area contributed by atoms with Crippen molar-refractivity contribution in [3.8, 4) is 5.75 Å². The summed E-state index contributed by atoms with van der Waals surface area (Å²) in [6.45, 7) is 5.29. The van der Waals surface area contributed by atoms with Crippen LogP contribution in [0, 0.1) is 5.82 Å². The Bertz CT molecular complexity index is 2550. The number of hydrogen-bond acceptors (Lipinski definition) is 13. The fourth-order valence-electron chi connectivity index (χ4n) is 10.1. The van der Waals surface area contributed by atoms with Gasteiger partial charge in [0.25, 0.3) is 23.6 Å². The number of hydrogen-bond donors (Lipinski definition) is 5. The number of thiazole rings is 1. The highest BCUT2D eigenvalue weighted by Crippen LogP contribution is 2.39. The van der Waals surface area contributed by atoms with Gasteiger partial charge in [0.2, 0.25) is 11.8 Å². The fourth-order valence-corrected chi connectivity index (χ4v) is 10.6. The van der Waals surface area contributed by atoms with Crippen LogP contribution in [-0.4, -0.2) is 134 Å². The summed E-state index contributed by atoms with van der Waals surface area (Å²) in [6, 6.07) is 12.3. The highest BCUT2D eigenvalue weighted by atomic mass is 32.1. The molecule has 5 aliphatic rings. The van der Waals surface area contributed by atoms with Crippen LogP contribution in [-0.2, 0) is 20.9 Å². The molecular formula is C48H54FN9O8S. The normalized spacial score (nSPS) is 20.5. The van der Waals surface area contributed by atoms with Crippen LogP contribution in [0.4, 0.5) is 20.9 Å². The average molecular weight is 936 g/mol. The number of fused-ring (bicyclic) bond motifs is 2. The fraction of sp³-hybridized carbons (Fsp3) is 0.438. The Morgan fingerprint density at radius 2 is 1.66 bits per heavy atom. The number of aromatic hydroxyl groups is 1. The molecule has 4 aromatic rings. The van der Waals surface area contributed by atoms with Crippen LogP contribution in [0.1, 0.15) is 106 Å². The van der Waals surface area contributed by atoms with Gasteiger partial charge in [0.1, 0.15) is 29.9 Å². The number of rotatable bonds is 15. The number of aromatic nitrogens is 1. The molecule has 3 fully saturated rings. The molecule has 0 radical (unpaired) electrons. The third-order valence-electron chi connectivity index (χ3n) is 13.7. The van der Waals surface area contributed by atoms with E-state index in [9.17, 15) is 43.4 Å². The number of unbranched alkanes of at least 4 members (excludes halogenated alkanes) is 3. The number of carbonyl (C=O) groups excluding carboxylic acids is 6. The Balaban J connectivity index is 0.694. The molecule has 3 saturated heterocycles. The first-order valence-electron chi connectivity index (χ1n) is 23.1. The third kappa shape index (κ3) is 9.57. The lowest BCUT2D eigenvalue weighted by Gasteiger charge is -2.43. The third-order valence-corrected chi connectivity index (χ3v) is 14.3. The van der Waals surface area contributed by atoms with Crippen molar-refractivity contribution >= 4 is 63.3 Å². The highest BCUT2D eigenvalue weighted by molar-refractivity contribution is 7.13. The lowest BCUT2D eigenvalue weighted by atomic mass is 10.0. The predicted octanol–water partition coefficient (Wildman–Crippen LogP) is 4.69. The van der Waals surface area contributed by atoms with Gasteiger partial charge in [-0.3, -0.25) is 43.9 Å². The number of halogens is 1. The molecule has 5 aliphatic heterocycles. The molecule has 0 bridgehead atoms. The van der Waals surface area contributed by atoms with Gasteiger partial charge in [-0.05, 0) is 86.6 Å². The number of nitrogens with zero attached hydrogens (tertiary/aromatic N) is 6. The number of piperazine rings is 1. The van der Waals surface area contributed by atoms with Gasteiger partial charge in [-0.25, -0.2) is 9.37 Å². The number of aliphatic hydroxyl groups excluding tert-OH is 1. The predicted molar refractivity (Wildman–Crippen MR) is 247 cm³/mol. The van der Waals surface area contributed by atoms with Gasteiger partial charge in [0.15, 0.2) is 5.13 Å². The number of nitrogens with one attached hydrogen (secondary N) is 3. The smallest absolute Gasteiger partial charge is 0.264 e. The van der Waals surface area contributed by atoms with Crippen molar-refractivity contribution in [2.45, 2.75) is 88.7 Å². The summed E-state index contributed by atoms with van der Waals surface area (Å²) in [5.41, 5.74) is 3.18. The first-order chi connectivity index (χ1) is 32.4. The van der Waals surface area contributed by atoms with Crippen LogP contribution in [0.3, 0.4) is 0 Å². The van der Waals surface area contributed by atoms with Crippen molar-refractivity contribution < 1.29 is 43.4 Å². The molecule has 9 rings (SSSR count). The van der Waals surface area contributed by atoms with E-state index in [0.29, 0.717) is 48.5 Å². The van der Waals surface area contributed by atoms with Crippen LogP contribution in [0.2, 0.25) is 0 Å². The van der Waals surface area contributed by atoms with E-state index in [2.05, 4.69) is 30.7 Å². The Morgan fingerprint density at radius 3 is 2.42 bits per heavy atom. The second kappa shape index (κ2) is 19.8. The molecule has 352 valence electrons. The molecular weight excluding hydrogens is 882 g/mol. The number of aliphatic hydroxyl groups is 1. The zero-order chi connectivity index (χ0) is 46.8. The minimum Gasteiger partial charge on any atom is -0.508 e. The summed E-state index contributed by atoms with van der Waals surface area (Å²) < 4.78 is 14.4. The Labute approximate surface area is 390 Å². The topological polar surface area (TPSA) is 208 Å². The van der Waals surface area contributed by atoms with E-state index in [4.69, 9.17) is 0 Å². The van der Waals surface area contributed by atoms with E-state index in [1.54, 1.807) is 23.6 Å². The molecule has 3 atom stereocenters. The summed E-state index contributed by atoms with van der Waals surface area (Å²) >= 11 is 1.21. The van der Waals surface area contributed by atoms with Crippen molar-refractivity contribution in [3.05, 3.63) is 99.8 Å². The minimum absolute atomic E-state index is 0.0129. The quantitative estimate of drug-likeness (QED) is 0.0813. The first kappa shape index (κ1) is 45.7.